The van der Waals surface area contributed by atoms with Gasteiger partial charge in [0.15, 0.2) is 0 Å². The Morgan fingerprint density at radius 1 is 1.06 bits per heavy atom. The van der Waals surface area contributed by atoms with Crippen LogP contribution in [0.5, 0.6) is 5.75 Å². The van der Waals surface area contributed by atoms with E-state index in [-0.39, 0.29) is 17.1 Å². The van der Waals surface area contributed by atoms with Crippen LogP contribution >= 0.6 is 0 Å². The minimum Gasteiger partial charge on any atom is -0.507 e. The van der Waals surface area contributed by atoms with Crippen LogP contribution in [-0.4, -0.2) is 37.1 Å². The molecule has 0 saturated heterocycles. The number of carboxylic acids is 1. The monoisotopic (exact) mass is 488 g/mol. The van der Waals surface area contributed by atoms with Gasteiger partial charge in [0.1, 0.15) is 17.3 Å². The molecule has 0 amide bonds. The van der Waals surface area contributed by atoms with E-state index < -0.39 is 5.97 Å². The Morgan fingerprint density at radius 2 is 1.72 bits per heavy atom. The number of hydrogen-bond acceptors (Lipinski definition) is 5. The summed E-state index contributed by atoms with van der Waals surface area (Å²) in [6.45, 7) is 12.5. The van der Waals surface area contributed by atoms with Gasteiger partial charge in [-0.15, -0.1) is 0 Å². The molecule has 36 heavy (non-hydrogen) atoms. The lowest BCUT2D eigenvalue weighted by atomic mass is 9.98. The lowest BCUT2D eigenvalue weighted by molar-refractivity contribution is 0.0695. The maximum Gasteiger partial charge on any atom is 0.336 e. The quantitative estimate of drug-likeness (QED) is 0.177. The summed E-state index contributed by atoms with van der Waals surface area (Å²) in [5.74, 6) is -0.669. The largest absolute Gasteiger partial charge is 0.507 e. The average molecular weight is 489 g/mol. The van der Waals surface area contributed by atoms with Gasteiger partial charge < -0.3 is 20.3 Å². The van der Waals surface area contributed by atoms with Crippen molar-refractivity contribution in [3.8, 4) is 16.9 Å². The summed E-state index contributed by atoms with van der Waals surface area (Å²) in [4.78, 5) is 14.6. The fourth-order valence-electron chi connectivity index (χ4n) is 3.38. The third-order valence-electron chi connectivity index (χ3n) is 5.38. The van der Waals surface area contributed by atoms with Crippen molar-refractivity contribution < 1.29 is 24.1 Å². The van der Waals surface area contributed by atoms with Crippen LogP contribution in [0.25, 0.3) is 16.7 Å². The van der Waals surface area contributed by atoms with E-state index in [0.29, 0.717) is 33.8 Å². The number of aliphatic imine (C=N–C) groups is 1. The summed E-state index contributed by atoms with van der Waals surface area (Å²) in [5.41, 5.74) is 4.64. The highest BCUT2D eigenvalue weighted by atomic mass is 19.1. The summed E-state index contributed by atoms with van der Waals surface area (Å²) in [5, 5.41) is 21.5. The van der Waals surface area contributed by atoms with Crippen molar-refractivity contribution in [2.45, 2.75) is 6.92 Å². The van der Waals surface area contributed by atoms with Gasteiger partial charge in [-0.2, -0.15) is 0 Å². The Kier molecular flexibility index (Phi) is 9.74. The van der Waals surface area contributed by atoms with Crippen molar-refractivity contribution in [1.29, 1.82) is 0 Å². The van der Waals surface area contributed by atoms with Gasteiger partial charge >= 0.3 is 5.97 Å². The highest BCUT2D eigenvalue weighted by Crippen LogP contribution is 2.34. The molecule has 3 aromatic rings. The Balaban J connectivity index is 0.000000319. The molecule has 0 unspecified atom stereocenters. The smallest absolute Gasteiger partial charge is 0.336 e. The fraction of sp³-hybridized carbons (Fsp3) is 0.103. The number of aliphatic hydroxyl groups is 1. The van der Waals surface area contributed by atoms with Crippen molar-refractivity contribution in [2.24, 2.45) is 4.99 Å². The number of allylic oxidation sites excluding steroid dienone is 3. The number of aromatic carboxylic acids is 1. The van der Waals surface area contributed by atoms with E-state index in [4.69, 9.17) is 9.84 Å². The zero-order chi connectivity index (χ0) is 26.8. The molecule has 0 spiro atoms. The second kappa shape index (κ2) is 12.7. The van der Waals surface area contributed by atoms with Crippen molar-refractivity contribution in [3.63, 3.8) is 0 Å². The van der Waals surface area contributed by atoms with E-state index in [1.54, 1.807) is 62.5 Å². The van der Waals surface area contributed by atoms with E-state index in [0.717, 1.165) is 11.1 Å². The van der Waals surface area contributed by atoms with Gasteiger partial charge in [-0.05, 0) is 60.7 Å². The fourth-order valence-corrected chi connectivity index (χ4v) is 3.38. The normalized spacial score (nSPS) is 10.8. The summed E-state index contributed by atoms with van der Waals surface area (Å²) in [7, 11) is 3.21. The van der Waals surface area contributed by atoms with Gasteiger partial charge in [-0.3, -0.25) is 4.99 Å². The minimum atomic E-state index is -0.925. The first-order valence-electron chi connectivity index (χ1n) is 10.9. The number of nitrogens with one attached hydrogen (secondary N) is 1. The molecule has 7 heteroatoms. The van der Waals surface area contributed by atoms with Crippen LogP contribution in [0.1, 0.15) is 21.5 Å². The summed E-state index contributed by atoms with van der Waals surface area (Å²) in [6.07, 6.45) is 2.90. The number of nitrogens with zero attached hydrogens (tertiary/aromatic N) is 1. The maximum absolute atomic E-state index is 14.4. The molecule has 0 aliphatic carbocycles. The number of ether oxygens (including phenoxy) is 1. The number of aliphatic hydroxyl groups excluding tert-OH is 1. The SMILES string of the molecule is C=C/C(O)=C(\C=C)c1ccc(-c2cc(N=C)c(NC)cc2F)cc1.COc1ccc(C)c(C(=O)O)c1. The van der Waals surface area contributed by atoms with Crippen LogP contribution in [0.3, 0.4) is 0 Å². The number of carboxylic acid groups (broad SMARTS) is 1. The van der Waals surface area contributed by atoms with Crippen LogP contribution in [0, 0.1) is 12.7 Å². The minimum absolute atomic E-state index is 0.0421. The molecular formula is C29H29FN2O4. The van der Waals surface area contributed by atoms with Crippen molar-refractivity contribution in [1.82, 2.24) is 0 Å². The first kappa shape index (κ1) is 27.6. The zero-order valence-electron chi connectivity index (χ0n) is 20.5. The zero-order valence-corrected chi connectivity index (χ0v) is 20.5. The molecule has 3 N–H and O–H groups in total. The predicted octanol–water partition coefficient (Wildman–Crippen LogP) is 7.21. The third-order valence-corrected chi connectivity index (χ3v) is 5.38. The Bertz CT molecular complexity index is 1310. The number of aryl methyl sites for hydroxylation is 1. The van der Waals surface area contributed by atoms with Crippen LogP contribution in [0.2, 0.25) is 0 Å². The number of anilines is 1. The predicted molar refractivity (Wildman–Crippen MR) is 145 cm³/mol. The second-order valence-electron chi connectivity index (χ2n) is 7.53. The molecule has 0 radical (unpaired) electrons. The first-order valence-corrected chi connectivity index (χ1v) is 10.9. The van der Waals surface area contributed by atoms with Gasteiger partial charge in [-0.25, -0.2) is 9.18 Å². The van der Waals surface area contributed by atoms with Crippen molar-refractivity contribution in [3.05, 3.63) is 108 Å². The Morgan fingerprint density at radius 3 is 2.22 bits per heavy atom. The Hall–Kier alpha value is -4.65. The highest BCUT2D eigenvalue weighted by Gasteiger charge is 2.11. The molecular weight excluding hydrogens is 459 g/mol. The number of rotatable bonds is 8. The molecule has 0 heterocycles. The van der Waals surface area contributed by atoms with E-state index in [1.807, 2.05) is 0 Å². The molecule has 0 fully saturated rings. The maximum atomic E-state index is 14.4. The number of benzene rings is 3. The second-order valence-corrected chi connectivity index (χ2v) is 7.53. The van der Waals surface area contributed by atoms with Gasteiger partial charge in [0.25, 0.3) is 0 Å². The summed E-state index contributed by atoms with van der Waals surface area (Å²) < 4.78 is 19.3. The van der Waals surface area contributed by atoms with Crippen molar-refractivity contribution in [2.75, 3.05) is 19.5 Å². The number of methoxy groups -OCH3 is 1. The molecule has 0 bridgehead atoms. The van der Waals surface area contributed by atoms with Crippen LogP contribution in [0.4, 0.5) is 15.8 Å². The molecule has 3 rings (SSSR count). The third kappa shape index (κ3) is 6.48. The standard InChI is InChI=1S/C20H19FN2O.C9H10O3/c1-5-15(20(24)6-2)13-7-9-14(10-8-13)16-11-18(22-3)19(23-4)12-17(16)21;1-6-3-4-7(12-2)5-8(6)9(10)11/h5-12,23-24H,1-3H2,4H3;3-5H,1-2H3,(H,10,11)/b20-15-;. The van der Waals surface area contributed by atoms with E-state index in [2.05, 4.69) is 30.2 Å². The number of carbonyl (C=O) groups is 1. The van der Waals surface area contributed by atoms with Crippen molar-refractivity contribution >= 4 is 29.6 Å². The van der Waals surface area contributed by atoms with Gasteiger partial charge in [0, 0.05) is 18.2 Å². The van der Waals surface area contributed by atoms with E-state index in [1.165, 1.54) is 25.3 Å². The lowest BCUT2D eigenvalue weighted by Gasteiger charge is -2.11. The van der Waals surface area contributed by atoms with Crippen LogP contribution in [-0.2, 0) is 0 Å². The average Bonchev–Trinajstić information content (AvgIpc) is 2.89. The number of halogens is 1. The van der Waals surface area contributed by atoms with E-state index in [9.17, 15) is 14.3 Å². The summed E-state index contributed by atoms with van der Waals surface area (Å²) >= 11 is 0. The summed E-state index contributed by atoms with van der Waals surface area (Å²) in [6, 6.07) is 15.2. The molecule has 6 nitrogen and oxygen atoms in total. The van der Waals surface area contributed by atoms with Crippen LogP contribution < -0.4 is 10.1 Å². The van der Waals surface area contributed by atoms with Gasteiger partial charge in [0.05, 0.1) is 24.0 Å². The molecule has 0 atom stereocenters. The topological polar surface area (TPSA) is 91.2 Å². The highest BCUT2D eigenvalue weighted by molar-refractivity contribution is 5.89. The number of hydrogen-bond donors (Lipinski definition) is 3. The molecule has 0 aliphatic rings. The molecule has 0 aromatic heterocycles. The van der Waals surface area contributed by atoms with E-state index >= 15 is 0 Å². The first-order chi connectivity index (χ1) is 17.2. The lowest BCUT2D eigenvalue weighted by Crippen LogP contribution is -1.99. The molecule has 0 aliphatic heterocycles. The van der Waals surface area contributed by atoms with Crippen LogP contribution in [0.15, 0.2) is 90.7 Å². The van der Waals surface area contributed by atoms with Gasteiger partial charge in [-0.1, -0.05) is 49.6 Å². The molecule has 0 saturated carbocycles. The molecule has 186 valence electrons. The Labute approximate surface area is 210 Å². The van der Waals surface area contributed by atoms with Gasteiger partial charge in [0.2, 0.25) is 0 Å². The molecule has 3 aromatic carbocycles.